The minimum absolute atomic E-state index is 0.168. The van der Waals surface area contributed by atoms with Gasteiger partial charge in [0, 0.05) is 5.57 Å². The summed E-state index contributed by atoms with van der Waals surface area (Å²) in [7, 11) is -20.5. The molecule has 0 fully saturated rings. The average molecular weight is 1180 g/mol. The first-order valence-corrected chi connectivity index (χ1v) is 38.0. The number of hydrogen-bond donors (Lipinski definition) is 0. The maximum atomic E-state index is 13.1. The molecule has 0 amide bonds. The van der Waals surface area contributed by atoms with E-state index in [1.165, 1.54) is 0 Å². The molecule has 0 atom stereocenters. The summed E-state index contributed by atoms with van der Waals surface area (Å²) >= 11 is 0. The van der Waals surface area contributed by atoms with Crippen molar-refractivity contribution in [2.45, 2.75) is 19.4 Å². The number of carbonyl (C=O) groups is 1. The Balaban J connectivity index is 1.28. The van der Waals surface area contributed by atoms with Gasteiger partial charge in [0.2, 0.25) is 8.32 Å². The monoisotopic (exact) mass is 1180 g/mol. The molecular formula is C73H66O6Si5. The van der Waals surface area contributed by atoms with Gasteiger partial charge in [0.05, 0.1) is 6.61 Å². The van der Waals surface area contributed by atoms with E-state index >= 15 is 0 Å². The highest BCUT2D eigenvalue weighted by molar-refractivity contribution is 7.17. The lowest BCUT2D eigenvalue weighted by molar-refractivity contribution is -0.138. The van der Waals surface area contributed by atoms with Gasteiger partial charge < -0.3 is 21.2 Å². The van der Waals surface area contributed by atoms with Gasteiger partial charge in [-0.15, -0.1) is 0 Å². The lowest BCUT2D eigenvalue weighted by Gasteiger charge is -2.50. The molecule has 0 aliphatic heterocycles. The standard InChI is InChI=1S/C73H66O6Si5/c1-61(2)73(74)75-59-36-60-80(62-37-14-3-15-38-62,63-39-16-4-17-40-63)76-82(67-47-24-8-25-48-67,68-49-26-9-27-50-68)78-84(71-55-32-12-33-56-71,72-57-34-13-35-58-72)79-83(69-51-28-10-29-52-69,70-53-30-11-31-54-70)77-81(64-41-18-5-19-42-64,65-43-20-6-21-44-65)66-45-22-7-23-46-66/h3-35,37-58H,1,36,59-60H2,2H3. The van der Waals surface area contributed by atoms with Gasteiger partial charge in [-0.3, -0.25) is 0 Å². The van der Waals surface area contributed by atoms with Crippen LogP contribution in [0, 0.1) is 0 Å². The van der Waals surface area contributed by atoms with E-state index in [-0.39, 0.29) is 6.61 Å². The smallest absolute Gasteiger partial charge is 0.390 e. The van der Waals surface area contributed by atoms with Gasteiger partial charge in [0.15, 0.2) is 0 Å². The maximum absolute atomic E-state index is 13.1. The van der Waals surface area contributed by atoms with Crippen LogP contribution < -0.4 is 57.1 Å². The van der Waals surface area contributed by atoms with Crippen molar-refractivity contribution < 1.29 is 26.0 Å². The van der Waals surface area contributed by atoms with E-state index in [1.807, 2.05) is 0 Å². The first kappa shape index (κ1) is 57.4. The van der Waals surface area contributed by atoms with Crippen LogP contribution in [0.15, 0.2) is 346 Å². The SMILES string of the molecule is C=C(C)C(=O)OCCC[Si](O[Si](O[Si](O[Si](O[Si](c1ccccc1)(c1ccccc1)c1ccccc1)(c1ccccc1)c1ccccc1)(c1ccccc1)c1ccccc1)(c1ccccc1)c1ccccc1)(c1ccccc1)c1ccccc1. The van der Waals surface area contributed by atoms with Crippen molar-refractivity contribution in [3.05, 3.63) is 346 Å². The predicted octanol–water partition coefficient (Wildman–Crippen LogP) is 8.76. The molecule has 0 saturated heterocycles. The molecule has 84 heavy (non-hydrogen) atoms. The third kappa shape index (κ3) is 11.7. The van der Waals surface area contributed by atoms with Crippen molar-refractivity contribution in [3.8, 4) is 0 Å². The van der Waals surface area contributed by atoms with E-state index in [2.05, 4.69) is 340 Å². The summed E-state index contributed by atoms with van der Waals surface area (Å²) in [5, 5.41) is 10.7. The number of rotatable bonds is 24. The number of esters is 1. The quantitative estimate of drug-likeness (QED) is 0.0199. The normalized spacial score (nSPS) is 12.1. The largest absolute Gasteiger partial charge is 0.462 e. The summed E-state index contributed by atoms with van der Waals surface area (Å²) in [6.07, 6.45) is 0.497. The third-order valence-corrected chi connectivity index (χ3v) is 38.5. The van der Waals surface area contributed by atoms with Crippen LogP contribution >= 0.6 is 0 Å². The summed E-state index contributed by atoms with van der Waals surface area (Å²) in [4.78, 5) is 13.1. The Morgan fingerprint density at radius 3 is 0.762 bits per heavy atom. The molecule has 0 heterocycles. The molecule has 0 N–H and O–H groups in total. The van der Waals surface area contributed by atoms with Crippen molar-refractivity contribution in [1.82, 2.24) is 0 Å². The Morgan fingerprint density at radius 2 is 0.512 bits per heavy atom. The first-order valence-electron chi connectivity index (χ1n) is 28.6. The minimum Gasteiger partial charge on any atom is -0.462 e. The molecule has 0 unspecified atom stereocenters. The second kappa shape index (κ2) is 26.4. The van der Waals surface area contributed by atoms with Crippen LogP contribution in [0.4, 0.5) is 0 Å². The van der Waals surface area contributed by atoms with Gasteiger partial charge in [0.1, 0.15) is 0 Å². The van der Waals surface area contributed by atoms with Crippen LogP contribution in [0.5, 0.6) is 0 Å². The molecule has 0 aromatic heterocycles. The van der Waals surface area contributed by atoms with Gasteiger partial charge in [-0.2, -0.15) is 0 Å². The summed E-state index contributed by atoms with van der Waals surface area (Å²) < 4.78 is 42.0. The fourth-order valence-electron chi connectivity index (χ4n) is 11.4. The molecule has 11 rings (SSSR count). The molecule has 0 saturated carbocycles. The fraction of sp³-hybridized carbons (Fsp3) is 0.0548. The van der Waals surface area contributed by atoms with Gasteiger partial charge in [-0.25, -0.2) is 4.79 Å². The Bertz CT molecular complexity index is 3570. The van der Waals surface area contributed by atoms with Crippen molar-refractivity contribution in [3.63, 3.8) is 0 Å². The highest BCUT2D eigenvalue weighted by atomic mass is 28.5. The van der Waals surface area contributed by atoms with Crippen molar-refractivity contribution in [1.29, 1.82) is 0 Å². The molecular weight excluding hydrogens is 1110 g/mol. The summed E-state index contributed by atoms with van der Waals surface area (Å²) in [5.74, 6) is -0.424. The molecule has 6 nitrogen and oxygen atoms in total. The Labute approximate surface area is 499 Å². The zero-order valence-electron chi connectivity index (χ0n) is 47.0. The maximum Gasteiger partial charge on any atom is 0.390 e. The molecule has 0 spiro atoms. The fourth-order valence-corrected chi connectivity index (χ4v) is 39.2. The van der Waals surface area contributed by atoms with Crippen LogP contribution in [0.25, 0.3) is 0 Å². The van der Waals surface area contributed by atoms with E-state index < -0.39 is 48.3 Å². The van der Waals surface area contributed by atoms with E-state index in [4.69, 9.17) is 21.2 Å². The highest BCUT2D eigenvalue weighted by Gasteiger charge is 2.64. The lowest BCUT2D eigenvalue weighted by atomic mass is 10.3. The number of hydrogen-bond acceptors (Lipinski definition) is 6. The summed E-state index contributed by atoms with van der Waals surface area (Å²) in [6.45, 7) is 5.74. The molecule has 0 aliphatic carbocycles. The van der Waals surface area contributed by atoms with E-state index in [0.29, 0.717) is 18.0 Å². The summed E-state index contributed by atoms with van der Waals surface area (Å²) in [5.41, 5.74) is 0.350. The Kier molecular flexibility index (Phi) is 18.0. The molecule has 0 bridgehead atoms. The molecule has 11 aromatic carbocycles. The van der Waals surface area contributed by atoms with Crippen LogP contribution in [0.3, 0.4) is 0 Å². The van der Waals surface area contributed by atoms with Crippen molar-refractivity contribution >= 4 is 105 Å². The number of ether oxygens (including phenoxy) is 1. The Morgan fingerprint density at radius 1 is 0.298 bits per heavy atom. The first-order chi connectivity index (χ1) is 41.3. The van der Waals surface area contributed by atoms with Crippen LogP contribution in [-0.2, 0) is 26.0 Å². The number of benzene rings is 11. The predicted molar refractivity (Wildman–Crippen MR) is 355 cm³/mol. The van der Waals surface area contributed by atoms with E-state index in [1.54, 1.807) is 6.92 Å². The van der Waals surface area contributed by atoms with Gasteiger partial charge in [0.25, 0.3) is 8.32 Å². The van der Waals surface area contributed by atoms with E-state index in [0.717, 1.165) is 57.1 Å². The highest BCUT2D eigenvalue weighted by Crippen LogP contribution is 2.31. The van der Waals surface area contributed by atoms with Gasteiger partial charge >= 0.3 is 31.7 Å². The van der Waals surface area contributed by atoms with E-state index in [9.17, 15) is 4.79 Å². The average Bonchev–Trinajstić information content (AvgIpc) is 1.08. The van der Waals surface area contributed by atoms with Crippen molar-refractivity contribution in [2.75, 3.05) is 6.61 Å². The number of carbonyl (C=O) groups excluding carboxylic acids is 1. The summed E-state index contributed by atoms with van der Waals surface area (Å²) in [6, 6.07) is 118. The molecule has 0 radical (unpaired) electrons. The molecule has 11 heteroatoms. The van der Waals surface area contributed by atoms with Crippen molar-refractivity contribution in [2.24, 2.45) is 0 Å². The molecule has 11 aromatic rings. The second-order valence-electron chi connectivity index (χ2n) is 20.8. The zero-order chi connectivity index (χ0) is 57.6. The van der Waals surface area contributed by atoms with Gasteiger partial charge in [-0.05, 0) is 76.4 Å². The van der Waals surface area contributed by atoms with Crippen LogP contribution in [0.2, 0.25) is 6.04 Å². The zero-order valence-corrected chi connectivity index (χ0v) is 52.0. The topological polar surface area (TPSA) is 63.2 Å². The second-order valence-corrected chi connectivity index (χ2v) is 37.6. The lowest BCUT2D eigenvalue weighted by Crippen LogP contribution is -2.85. The molecule has 414 valence electrons. The third-order valence-electron chi connectivity index (χ3n) is 15.4. The van der Waals surface area contributed by atoms with Crippen LogP contribution in [-0.4, -0.2) is 54.9 Å². The molecule has 0 aliphatic rings. The Hall–Kier alpha value is -8.45. The minimum atomic E-state index is -4.48. The van der Waals surface area contributed by atoms with Gasteiger partial charge in [-0.1, -0.05) is 340 Å². The van der Waals surface area contributed by atoms with Crippen LogP contribution in [0.1, 0.15) is 13.3 Å².